The van der Waals surface area contributed by atoms with Gasteiger partial charge in [0.1, 0.15) is 12.4 Å². The highest BCUT2D eigenvalue weighted by Gasteiger charge is 2.33. The zero-order valence-electron chi connectivity index (χ0n) is 24.8. The fraction of sp³-hybridized carbons (Fsp3) is 0.265. The summed E-state index contributed by atoms with van der Waals surface area (Å²) >= 11 is 1.27. The van der Waals surface area contributed by atoms with Crippen LogP contribution in [-0.2, 0) is 16.1 Å². The summed E-state index contributed by atoms with van der Waals surface area (Å²) in [7, 11) is 1.58. The number of hydrogen-bond donors (Lipinski definition) is 0. The Morgan fingerprint density at radius 2 is 1.77 bits per heavy atom. The van der Waals surface area contributed by atoms with Gasteiger partial charge in [-0.05, 0) is 74.7 Å². The minimum Gasteiger partial charge on any atom is -0.494 e. The summed E-state index contributed by atoms with van der Waals surface area (Å²) in [6, 6.07) is 22.1. The highest BCUT2D eigenvalue weighted by Crippen LogP contribution is 2.32. The van der Waals surface area contributed by atoms with Gasteiger partial charge in [0.15, 0.2) is 16.3 Å². The summed E-state index contributed by atoms with van der Waals surface area (Å²) in [5.74, 6) is 1.36. The molecule has 4 aromatic rings. The van der Waals surface area contributed by atoms with E-state index < -0.39 is 12.0 Å². The van der Waals surface area contributed by atoms with Gasteiger partial charge in [0, 0.05) is 0 Å². The van der Waals surface area contributed by atoms with E-state index >= 15 is 0 Å². The van der Waals surface area contributed by atoms with Gasteiger partial charge in [-0.25, -0.2) is 9.79 Å². The molecule has 0 amide bonds. The highest BCUT2D eigenvalue weighted by atomic mass is 32.1. The van der Waals surface area contributed by atoms with Gasteiger partial charge < -0.3 is 18.9 Å². The molecule has 2 heterocycles. The number of nitrogens with zero attached hydrogens (tertiary/aromatic N) is 2. The molecule has 222 valence electrons. The summed E-state index contributed by atoms with van der Waals surface area (Å²) in [4.78, 5) is 32.5. The van der Waals surface area contributed by atoms with Crippen LogP contribution in [0.15, 0.2) is 93.9 Å². The summed E-state index contributed by atoms with van der Waals surface area (Å²) < 4.78 is 24.8. The zero-order valence-corrected chi connectivity index (χ0v) is 25.6. The number of carbonyl (C=O) groups is 1. The van der Waals surface area contributed by atoms with Crippen molar-refractivity contribution in [3.05, 3.63) is 120 Å². The molecule has 1 aromatic heterocycles. The first kappa shape index (κ1) is 29.8. The predicted octanol–water partition coefficient (Wildman–Crippen LogP) is 5.17. The van der Waals surface area contributed by atoms with E-state index in [1.165, 1.54) is 11.3 Å². The molecule has 0 spiro atoms. The average molecular weight is 599 g/mol. The molecule has 8 nitrogen and oxygen atoms in total. The maximum atomic E-state index is 14.0. The number of benzene rings is 3. The van der Waals surface area contributed by atoms with Gasteiger partial charge in [0.25, 0.3) is 5.56 Å². The quantitative estimate of drug-likeness (QED) is 0.234. The van der Waals surface area contributed by atoms with Gasteiger partial charge in [-0.2, -0.15) is 0 Å². The predicted molar refractivity (Wildman–Crippen MR) is 166 cm³/mol. The molecule has 9 heteroatoms. The molecule has 0 saturated heterocycles. The molecule has 1 aliphatic rings. The molecule has 1 atom stereocenters. The number of ether oxygens (including phenoxy) is 4. The van der Waals surface area contributed by atoms with Crippen LogP contribution in [0.25, 0.3) is 6.08 Å². The van der Waals surface area contributed by atoms with Crippen molar-refractivity contribution in [2.75, 3.05) is 13.7 Å². The number of aromatic nitrogens is 1. The number of thiazole rings is 1. The van der Waals surface area contributed by atoms with Crippen molar-refractivity contribution in [1.82, 2.24) is 4.57 Å². The number of methoxy groups -OCH3 is 1. The van der Waals surface area contributed by atoms with E-state index in [4.69, 9.17) is 18.9 Å². The Bertz CT molecular complexity index is 1820. The Labute approximate surface area is 254 Å². The summed E-state index contributed by atoms with van der Waals surface area (Å²) in [5, 5.41) is 0. The topological polar surface area (TPSA) is 88.4 Å². The lowest BCUT2D eigenvalue weighted by molar-refractivity contribution is -0.143. The lowest BCUT2D eigenvalue weighted by Gasteiger charge is -2.25. The van der Waals surface area contributed by atoms with E-state index in [-0.39, 0.29) is 11.7 Å². The molecule has 0 unspecified atom stereocenters. The van der Waals surface area contributed by atoms with Crippen molar-refractivity contribution in [2.24, 2.45) is 4.99 Å². The fourth-order valence-corrected chi connectivity index (χ4v) is 5.92. The van der Waals surface area contributed by atoms with Crippen LogP contribution in [0.2, 0.25) is 0 Å². The van der Waals surface area contributed by atoms with Gasteiger partial charge in [0.2, 0.25) is 0 Å². The molecule has 43 heavy (non-hydrogen) atoms. The van der Waals surface area contributed by atoms with E-state index in [0.29, 0.717) is 51.1 Å². The smallest absolute Gasteiger partial charge is 0.338 e. The number of hydrogen-bond acceptors (Lipinski definition) is 8. The number of fused-ring (bicyclic) bond motifs is 1. The highest BCUT2D eigenvalue weighted by molar-refractivity contribution is 7.07. The lowest BCUT2D eigenvalue weighted by Crippen LogP contribution is -2.40. The molecule has 1 aliphatic heterocycles. The van der Waals surface area contributed by atoms with Crippen molar-refractivity contribution < 1.29 is 23.7 Å². The standard InChI is InChI=1S/C34H34N2O6S/c1-6-40-26-15-13-25(14-16-26)31-30(33(38)42-21(2)3)22(4)35-34-36(31)32(37)29(43-34)19-24-12-17-27(28(18-24)39-5)41-20-23-10-8-7-9-11-23/h7-19,21,31H,6,20H2,1-5H3/b29-19+/t31-/m0/s1. The summed E-state index contributed by atoms with van der Waals surface area (Å²) in [6.45, 7) is 8.21. The van der Waals surface area contributed by atoms with Crippen LogP contribution < -0.4 is 29.1 Å². The number of rotatable bonds is 10. The normalized spacial score (nSPS) is 14.7. The van der Waals surface area contributed by atoms with Crippen molar-refractivity contribution >= 4 is 23.4 Å². The van der Waals surface area contributed by atoms with Crippen molar-refractivity contribution in [2.45, 2.75) is 46.4 Å². The number of carbonyl (C=O) groups excluding carboxylic acids is 1. The molecule has 0 saturated carbocycles. The molecular weight excluding hydrogens is 564 g/mol. The summed E-state index contributed by atoms with van der Waals surface area (Å²) in [5.41, 5.74) is 3.15. The second kappa shape index (κ2) is 13.1. The third-order valence-corrected chi connectivity index (χ3v) is 7.80. The third kappa shape index (κ3) is 6.57. The lowest BCUT2D eigenvalue weighted by atomic mass is 9.96. The van der Waals surface area contributed by atoms with Crippen LogP contribution in [0.1, 0.15) is 50.4 Å². The fourth-order valence-electron chi connectivity index (χ4n) is 4.87. The molecule has 0 bridgehead atoms. The molecule has 5 rings (SSSR count). The van der Waals surface area contributed by atoms with Crippen LogP contribution in [-0.4, -0.2) is 30.4 Å². The van der Waals surface area contributed by atoms with Crippen LogP contribution in [0.4, 0.5) is 0 Å². The zero-order chi connectivity index (χ0) is 30.5. The first-order valence-electron chi connectivity index (χ1n) is 14.1. The maximum absolute atomic E-state index is 14.0. The van der Waals surface area contributed by atoms with Gasteiger partial charge in [-0.3, -0.25) is 9.36 Å². The molecule has 0 fully saturated rings. The minimum absolute atomic E-state index is 0.256. The Morgan fingerprint density at radius 3 is 2.44 bits per heavy atom. The van der Waals surface area contributed by atoms with Crippen molar-refractivity contribution in [1.29, 1.82) is 0 Å². The molecule has 0 N–H and O–H groups in total. The Kier molecular flexibility index (Phi) is 9.11. The van der Waals surface area contributed by atoms with Crippen molar-refractivity contribution in [3.8, 4) is 17.2 Å². The van der Waals surface area contributed by atoms with Gasteiger partial charge in [0.05, 0.1) is 41.7 Å². The van der Waals surface area contributed by atoms with Crippen LogP contribution in [0.5, 0.6) is 17.2 Å². The second-order valence-electron chi connectivity index (χ2n) is 10.2. The van der Waals surface area contributed by atoms with E-state index in [2.05, 4.69) is 4.99 Å². The monoisotopic (exact) mass is 598 g/mol. The SMILES string of the molecule is CCOc1ccc([C@H]2C(C(=O)OC(C)C)=C(C)N=c3s/c(=C/c4ccc(OCc5ccccc5)c(OC)c4)c(=O)n32)cc1. The molecule has 3 aromatic carbocycles. The first-order valence-corrected chi connectivity index (χ1v) is 14.9. The van der Waals surface area contributed by atoms with Gasteiger partial charge in [-0.15, -0.1) is 0 Å². The Morgan fingerprint density at radius 1 is 1.02 bits per heavy atom. The maximum Gasteiger partial charge on any atom is 0.338 e. The van der Waals surface area contributed by atoms with Gasteiger partial charge in [-0.1, -0.05) is 59.9 Å². The summed E-state index contributed by atoms with van der Waals surface area (Å²) in [6.07, 6.45) is 1.47. The van der Waals surface area contributed by atoms with E-state index in [0.717, 1.165) is 16.7 Å². The largest absolute Gasteiger partial charge is 0.494 e. The minimum atomic E-state index is -0.705. The second-order valence-corrected chi connectivity index (χ2v) is 11.2. The number of esters is 1. The molecule has 0 aliphatic carbocycles. The van der Waals surface area contributed by atoms with Crippen molar-refractivity contribution in [3.63, 3.8) is 0 Å². The Balaban J connectivity index is 1.55. The first-order chi connectivity index (χ1) is 20.8. The van der Waals surface area contributed by atoms with Gasteiger partial charge >= 0.3 is 5.97 Å². The Hall–Kier alpha value is -4.63. The van der Waals surface area contributed by atoms with E-state index in [1.54, 1.807) is 38.5 Å². The number of allylic oxidation sites excluding steroid dienone is 1. The van der Waals surface area contributed by atoms with Crippen LogP contribution >= 0.6 is 11.3 Å². The van der Waals surface area contributed by atoms with Crippen LogP contribution in [0.3, 0.4) is 0 Å². The van der Waals surface area contributed by atoms with Crippen LogP contribution in [0, 0.1) is 0 Å². The molecule has 0 radical (unpaired) electrons. The van der Waals surface area contributed by atoms with E-state index in [1.807, 2.05) is 79.7 Å². The van der Waals surface area contributed by atoms with E-state index in [9.17, 15) is 9.59 Å². The average Bonchev–Trinajstić information content (AvgIpc) is 3.30. The molecular formula is C34H34N2O6S. The third-order valence-electron chi connectivity index (χ3n) is 6.81.